The number of aromatic nitrogens is 1. The molecule has 14 heavy (non-hydrogen) atoms. The molecule has 3 N–H and O–H groups in total. The molecular weight excluding hydrogens is 200 g/mol. The SMILES string of the molecule is O=C(O)c1[nH]c(=O)c(O)cc1C(F)F. The minimum Gasteiger partial charge on any atom is -0.503 e. The number of carboxylic acid groups (broad SMARTS) is 1. The van der Waals surface area contributed by atoms with Crippen molar-refractivity contribution in [3.8, 4) is 5.75 Å². The second-order valence-electron chi connectivity index (χ2n) is 2.42. The Morgan fingerprint density at radius 1 is 1.50 bits per heavy atom. The lowest BCUT2D eigenvalue weighted by atomic mass is 10.2. The van der Waals surface area contributed by atoms with Gasteiger partial charge in [-0.2, -0.15) is 0 Å². The van der Waals surface area contributed by atoms with Gasteiger partial charge in [0.05, 0.1) is 5.56 Å². The van der Waals surface area contributed by atoms with Crippen molar-refractivity contribution in [2.45, 2.75) is 6.43 Å². The number of hydrogen-bond donors (Lipinski definition) is 3. The molecule has 7 heteroatoms. The Morgan fingerprint density at radius 3 is 2.50 bits per heavy atom. The zero-order valence-corrected chi connectivity index (χ0v) is 6.62. The van der Waals surface area contributed by atoms with Crippen molar-refractivity contribution in [2.24, 2.45) is 0 Å². The van der Waals surface area contributed by atoms with Gasteiger partial charge in [0.25, 0.3) is 12.0 Å². The van der Waals surface area contributed by atoms with E-state index in [0.717, 1.165) is 0 Å². The van der Waals surface area contributed by atoms with Crippen LogP contribution in [0.2, 0.25) is 0 Å². The van der Waals surface area contributed by atoms with Crippen LogP contribution in [0.1, 0.15) is 22.5 Å². The van der Waals surface area contributed by atoms with E-state index in [2.05, 4.69) is 0 Å². The number of aromatic hydroxyl groups is 1. The third-order valence-corrected chi connectivity index (χ3v) is 1.50. The molecule has 0 aliphatic carbocycles. The lowest BCUT2D eigenvalue weighted by Crippen LogP contribution is -2.15. The maximum Gasteiger partial charge on any atom is 0.352 e. The van der Waals surface area contributed by atoms with E-state index < -0.39 is 35.0 Å². The second-order valence-corrected chi connectivity index (χ2v) is 2.42. The molecule has 1 aromatic rings. The molecule has 0 saturated heterocycles. The van der Waals surface area contributed by atoms with Crippen LogP contribution in [0.4, 0.5) is 8.78 Å². The number of carbonyl (C=O) groups is 1. The summed E-state index contributed by atoms with van der Waals surface area (Å²) in [6.45, 7) is 0. The quantitative estimate of drug-likeness (QED) is 0.663. The van der Waals surface area contributed by atoms with Gasteiger partial charge < -0.3 is 15.2 Å². The first-order valence-electron chi connectivity index (χ1n) is 3.41. The first kappa shape index (κ1) is 10.2. The van der Waals surface area contributed by atoms with Crippen LogP contribution in [0, 0.1) is 0 Å². The summed E-state index contributed by atoms with van der Waals surface area (Å²) in [6.07, 6.45) is -3.08. The van der Waals surface area contributed by atoms with Crippen LogP contribution in [0.3, 0.4) is 0 Å². The molecule has 0 fully saturated rings. The zero-order valence-electron chi connectivity index (χ0n) is 6.62. The summed E-state index contributed by atoms with van der Waals surface area (Å²) < 4.78 is 24.4. The summed E-state index contributed by atoms with van der Waals surface area (Å²) in [5.74, 6) is -2.62. The summed E-state index contributed by atoms with van der Waals surface area (Å²) in [4.78, 5) is 22.7. The highest BCUT2D eigenvalue weighted by Crippen LogP contribution is 2.22. The van der Waals surface area contributed by atoms with E-state index in [1.54, 1.807) is 4.98 Å². The van der Waals surface area contributed by atoms with Crippen molar-refractivity contribution in [1.29, 1.82) is 0 Å². The number of alkyl halides is 2. The monoisotopic (exact) mass is 205 g/mol. The molecular formula is C7H5F2NO4. The number of H-pyrrole nitrogens is 1. The number of aromatic amines is 1. The fraction of sp³-hybridized carbons (Fsp3) is 0.143. The van der Waals surface area contributed by atoms with Crippen LogP contribution in [-0.2, 0) is 0 Å². The number of pyridine rings is 1. The van der Waals surface area contributed by atoms with E-state index in [1.165, 1.54) is 0 Å². The zero-order chi connectivity index (χ0) is 10.9. The number of carboxylic acids is 1. The van der Waals surface area contributed by atoms with Gasteiger partial charge in [-0.3, -0.25) is 4.79 Å². The fourth-order valence-electron chi connectivity index (χ4n) is 0.884. The van der Waals surface area contributed by atoms with E-state index in [1.807, 2.05) is 0 Å². The largest absolute Gasteiger partial charge is 0.503 e. The minimum atomic E-state index is -3.08. The Kier molecular flexibility index (Phi) is 2.50. The molecule has 0 atom stereocenters. The molecule has 0 aromatic carbocycles. The van der Waals surface area contributed by atoms with E-state index in [4.69, 9.17) is 10.2 Å². The van der Waals surface area contributed by atoms with Gasteiger partial charge in [0.2, 0.25) is 0 Å². The summed E-state index contributed by atoms with van der Waals surface area (Å²) in [7, 11) is 0. The highest BCUT2D eigenvalue weighted by molar-refractivity contribution is 5.87. The Balaban J connectivity index is 3.47. The van der Waals surface area contributed by atoms with Crippen LogP contribution >= 0.6 is 0 Å². The normalized spacial score (nSPS) is 10.5. The van der Waals surface area contributed by atoms with E-state index in [-0.39, 0.29) is 0 Å². The number of hydrogen-bond acceptors (Lipinski definition) is 3. The van der Waals surface area contributed by atoms with Gasteiger partial charge in [0, 0.05) is 0 Å². The van der Waals surface area contributed by atoms with E-state index in [9.17, 15) is 18.4 Å². The molecule has 0 amide bonds. The third-order valence-electron chi connectivity index (χ3n) is 1.50. The van der Waals surface area contributed by atoms with Crippen molar-refractivity contribution in [3.05, 3.63) is 27.7 Å². The molecule has 5 nitrogen and oxygen atoms in total. The summed E-state index contributed by atoms with van der Waals surface area (Å²) in [5, 5.41) is 17.2. The molecule has 1 aromatic heterocycles. The number of rotatable bonds is 2. The molecule has 1 heterocycles. The highest BCUT2D eigenvalue weighted by Gasteiger charge is 2.20. The van der Waals surface area contributed by atoms with Crippen LogP contribution < -0.4 is 5.56 Å². The van der Waals surface area contributed by atoms with Crippen molar-refractivity contribution >= 4 is 5.97 Å². The van der Waals surface area contributed by atoms with Gasteiger partial charge in [-0.15, -0.1) is 0 Å². The van der Waals surface area contributed by atoms with Crippen molar-refractivity contribution in [1.82, 2.24) is 4.98 Å². The first-order chi connectivity index (χ1) is 6.43. The Hall–Kier alpha value is -1.92. The maximum atomic E-state index is 12.2. The molecule has 0 bridgehead atoms. The van der Waals surface area contributed by atoms with Crippen molar-refractivity contribution < 1.29 is 23.8 Å². The lowest BCUT2D eigenvalue weighted by Gasteiger charge is -2.04. The fourth-order valence-corrected chi connectivity index (χ4v) is 0.884. The van der Waals surface area contributed by atoms with E-state index >= 15 is 0 Å². The molecule has 76 valence electrons. The molecule has 0 aliphatic heterocycles. The topological polar surface area (TPSA) is 90.4 Å². The van der Waals surface area contributed by atoms with Gasteiger partial charge in [0.15, 0.2) is 5.75 Å². The van der Waals surface area contributed by atoms with Crippen LogP contribution in [0.25, 0.3) is 0 Å². The van der Waals surface area contributed by atoms with Crippen LogP contribution in [0.5, 0.6) is 5.75 Å². The predicted octanol–water partition coefficient (Wildman–Crippen LogP) is 0.716. The summed E-state index contributed by atoms with van der Waals surface area (Å²) in [5.41, 5.74) is -2.95. The number of aromatic carboxylic acids is 1. The Labute approximate surface area is 75.6 Å². The minimum absolute atomic E-state index is 0.437. The molecule has 0 aliphatic rings. The second kappa shape index (κ2) is 3.44. The van der Waals surface area contributed by atoms with Crippen molar-refractivity contribution in [2.75, 3.05) is 0 Å². The average Bonchev–Trinajstić information content (AvgIpc) is 2.08. The van der Waals surface area contributed by atoms with Gasteiger partial charge in [0.1, 0.15) is 5.69 Å². The Bertz CT molecular complexity index is 426. The summed E-state index contributed by atoms with van der Waals surface area (Å²) in [6, 6.07) is 0.437. The van der Waals surface area contributed by atoms with Gasteiger partial charge in [-0.05, 0) is 6.07 Å². The van der Waals surface area contributed by atoms with Crippen molar-refractivity contribution in [3.63, 3.8) is 0 Å². The van der Waals surface area contributed by atoms with Gasteiger partial charge in [-0.1, -0.05) is 0 Å². The molecule has 1 rings (SSSR count). The lowest BCUT2D eigenvalue weighted by molar-refractivity contribution is 0.0676. The number of halogens is 2. The maximum absolute atomic E-state index is 12.2. The standard InChI is InChI=1S/C7H5F2NO4/c8-5(9)2-1-3(11)6(12)10-4(2)7(13)14/h1,5,11H,(H,10,12)(H,13,14). The predicted molar refractivity (Wildman–Crippen MR) is 40.6 cm³/mol. The van der Waals surface area contributed by atoms with Crippen LogP contribution in [0.15, 0.2) is 10.9 Å². The third kappa shape index (κ3) is 1.70. The van der Waals surface area contributed by atoms with Gasteiger partial charge >= 0.3 is 5.97 Å². The Morgan fingerprint density at radius 2 is 2.07 bits per heavy atom. The molecule has 0 unspecified atom stereocenters. The average molecular weight is 205 g/mol. The summed E-state index contributed by atoms with van der Waals surface area (Å²) >= 11 is 0. The van der Waals surface area contributed by atoms with Crippen LogP contribution in [-0.4, -0.2) is 21.2 Å². The van der Waals surface area contributed by atoms with Gasteiger partial charge in [-0.25, -0.2) is 13.6 Å². The smallest absolute Gasteiger partial charge is 0.352 e. The highest BCUT2D eigenvalue weighted by atomic mass is 19.3. The molecule has 0 radical (unpaired) electrons. The first-order valence-corrected chi connectivity index (χ1v) is 3.41. The van der Waals surface area contributed by atoms with E-state index in [0.29, 0.717) is 6.07 Å². The molecule has 0 saturated carbocycles. The molecule has 0 spiro atoms. The number of nitrogens with one attached hydrogen (secondary N) is 1.